The Kier molecular flexibility index (Phi) is 6.21. The summed E-state index contributed by atoms with van der Waals surface area (Å²) in [5, 5.41) is 3.23. The molecule has 0 unspecified atom stereocenters. The number of carbonyl (C=O) groups excluding carboxylic acids is 1. The highest BCUT2D eigenvalue weighted by Crippen LogP contribution is 2.42. The number of hydrogen-bond donors (Lipinski definition) is 1. The Bertz CT molecular complexity index is 1190. The smallest absolute Gasteiger partial charge is 0.230 e. The Hall–Kier alpha value is -3.85. The van der Waals surface area contributed by atoms with Crippen LogP contribution < -0.4 is 10.2 Å². The van der Waals surface area contributed by atoms with Gasteiger partial charge in [-0.2, -0.15) is 0 Å². The first-order valence-electron chi connectivity index (χ1n) is 11.6. The second kappa shape index (κ2) is 9.74. The van der Waals surface area contributed by atoms with Crippen molar-refractivity contribution in [2.24, 2.45) is 0 Å². The van der Waals surface area contributed by atoms with Gasteiger partial charge in [0.25, 0.3) is 0 Å². The molecule has 5 rings (SSSR count). The summed E-state index contributed by atoms with van der Waals surface area (Å²) in [6.45, 7) is 1.39. The molecule has 0 spiro atoms. The van der Waals surface area contributed by atoms with Gasteiger partial charge in [-0.3, -0.25) is 4.79 Å². The molecule has 0 bridgehead atoms. The van der Waals surface area contributed by atoms with Crippen LogP contribution in [-0.2, 0) is 17.8 Å². The van der Waals surface area contributed by atoms with Gasteiger partial charge in [0.1, 0.15) is 0 Å². The van der Waals surface area contributed by atoms with Crippen molar-refractivity contribution in [1.82, 2.24) is 5.32 Å². The molecule has 0 saturated heterocycles. The number of nitrogens with one attached hydrogen (secondary N) is 1. The van der Waals surface area contributed by atoms with Gasteiger partial charge in [0, 0.05) is 18.8 Å². The average Bonchev–Trinajstić information content (AvgIpc) is 2.89. The predicted molar refractivity (Wildman–Crippen MR) is 134 cm³/mol. The Balaban J connectivity index is 1.57. The normalized spacial score (nSPS) is 16.0. The van der Waals surface area contributed by atoms with Crippen LogP contribution in [0, 0.1) is 0 Å². The van der Waals surface area contributed by atoms with E-state index in [4.69, 9.17) is 0 Å². The molecule has 1 N–H and O–H groups in total. The lowest BCUT2D eigenvalue weighted by Crippen LogP contribution is -2.43. The van der Waals surface area contributed by atoms with Gasteiger partial charge in [0.2, 0.25) is 5.91 Å². The number of anilines is 1. The molecule has 3 heteroatoms. The fraction of sp³-hybridized carbons (Fsp3) is 0.167. The quantitative estimate of drug-likeness (QED) is 0.412. The number of nitrogens with zero attached hydrogens (tertiary/aromatic N) is 1. The molecule has 164 valence electrons. The lowest BCUT2D eigenvalue weighted by molar-refractivity contribution is -0.123. The number of para-hydroxylation sites is 1. The van der Waals surface area contributed by atoms with E-state index in [1.165, 1.54) is 11.1 Å². The molecule has 2 atom stereocenters. The first-order chi connectivity index (χ1) is 16.3. The molecule has 4 aromatic carbocycles. The van der Waals surface area contributed by atoms with Crippen LogP contribution in [0.1, 0.15) is 34.2 Å². The Morgan fingerprint density at radius 3 is 2.12 bits per heavy atom. The summed E-state index contributed by atoms with van der Waals surface area (Å²) in [4.78, 5) is 16.3. The Morgan fingerprint density at radius 2 is 1.39 bits per heavy atom. The molecule has 0 radical (unpaired) electrons. The van der Waals surface area contributed by atoms with Gasteiger partial charge in [0.05, 0.1) is 12.0 Å². The molecule has 0 aliphatic carbocycles. The largest absolute Gasteiger partial charge is 0.363 e. The first-order valence-corrected chi connectivity index (χ1v) is 11.6. The van der Waals surface area contributed by atoms with E-state index in [9.17, 15) is 4.79 Å². The van der Waals surface area contributed by atoms with Crippen molar-refractivity contribution in [1.29, 1.82) is 0 Å². The van der Waals surface area contributed by atoms with E-state index in [0.29, 0.717) is 6.54 Å². The van der Waals surface area contributed by atoms with Crippen molar-refractivity contribution >= 4 is 11.6 Å². The van der Waals surface area contributed by atoms with Crippen molar-refractivity contribution in [3.63, 3.8) is 0 Å². The van der Waals surface area contributed by atoms with Crippen LogP contribution in [0.5, 0.6) is 0 Å². The zero-order chi connectivity index (χ0) is 22.5. The molecule has 0 fully saturated rings. The van der Waals surface area contributed by atoms with Crippen molar-refractivity contribution in [2.45, 2.75) is 24.9 Å². The topological polar surface area (TPSA) is 32.3 Å². The van der Waals surface area contributed by atoms with Gasteiger partial charge in [-0.25, -0.2) is 0 Å². The van der Waals surface area contributed by atoms with Gasteiger partial charge in [0.15, 0.2) is 0 Å². The molecule has 33 heavy (non-hydrogen) atoms. The summed E-state index contributed by atoms with van der Waals surface area (Å²) in [7, 11) is 0. The van der Waals surface area contributed by atoms with Crippen LogP contribution in [0.15, 0.2) is 115 Å². The third-order valence-corrected chi connectivity index (χ3v) is 6.49. The molecule has 4 aromatic rings. The molecule has 3 nitrogen and oxygen atoms in total. The standard InChI is InChI=1S/C30H28N2O/c33-30(31-22-23-12-4-1-5-13-23)28(25-15-6-2-7-16-25)29-27-19-11-10-14-24(27)20-21-32(29)26-17-8-3-9-18-26/h1-19,28-29H,20-22H2,(H,31,33)/t28-,29-/m1/s1. The maximum atomic E-state index is 13.9. The fourth-order valence-corrected chi connectivity index (χ4v) is 4.90. The molecule has 0 saturated carbocycles. The summed E-state index contributed by atoms with van der Waals surface area (Å²) < 4.78 is 0. The number of benzene rings is 4. The lowest BCUT2D eigenvalue weighted by atomic mass is 9.80. The monoisotopic (exact) mass is 432 g/mol. The third kappa shape index (κ3) is 4.54. The Labute approximate surface area is 195 Å². The Morgan fingerprint density at radius 1 is 0.788 bits per heavy atom. The maximum Gasteiger partial charge on any atom is 0.230 e. The minimum atomic E-state index is -0.337. The second-order valence-corrected chi connectivity index (χ2v) is 8.51. The average molecular weight is 433 g/mol. The predicted octanol–water partition coefficient (Wildman–Crippen LogP) is 5.89. The minimum absolute atomic E-state index is 0.0488. The number of carbonyl (C=O) groups is 1. The van der Waals surface area contributed by atoms with Crippen LogP contribution in [0.2, 0.25) is 0 Å². The molecule has 1 heterocycles. The molecule has 1 amide bonds. The van der Waals surface area contributed by atoms with E-state index in [2.05, 4.69) is 70.9 Å². The summed E-state index contributed by atoms with van der Waals surface area (Å²) >= 11 is 0. The van der Waals surface area contributed by atoms with E-state index in [1.54, 1.807) is 0 Å². The van der Waals surface area contributed by atoms with Crippen LogP contribution >= 0.6 is 0 Å². The zero-order valence-electron chi connectivity index (χ0n) is 18.6. The third-order valence-electron chi connectivity index (χ3n) is 6.49. The van der Waals surface area contributed by atoms with Gasteiger partial charge in [-0.1, -0.05) is 103 Å². The van der Waals surface area contributed by atoms with Crippen molar-refractivity contribution < 1.29 is 4.79 Å². The fourth-order valence-electron chi connectivity index (χ4n) is 4.90. The molecular weight excluding hydrogens is 404 g/mol. The van der Waals surface area contributed by atoms with Crippen molar-refractivity contribution in [3.8, 4) is 0 Å². The van der Waals surface area contributed by atoms with Crippen molar-refractivity contribution in [2.75, 3.05) is 11.4 Å². The minimum Gasteiger partial charge on any atom is -0.363 e. The van der Waals surface area contributed by atoms with Gasteiger partial charge >= 0.3 is 0 Å². The summed E-state index contributed by atoms with van der Waals surface area (Å²) in [5.74, 6) is -0.288. The molecule has 0 aromatic heterocycles. The molecular formula is C30H28N2O. The SMILES string of the molecule is O=C(NCc1ccccc1)[C@H](c1ccccc1)[C@H]1c2ccccc2CCN1c1ccccc1. The van der Waals surface area contributed by atoms with E-state index < -0.39 is 0 Å². The van der Waals surface area contributed by atoms with Gasteiger partial charge in [-0.15, -0.1) is 0 Å². The summed E-state index contributed by atoms with van der Waals surface area (Å²) in [5.41, 5.74) is 5.84. The van der Waals surface area contributed by atoms with Crippen LogP contribution in [-0.4, -0.2) is 12.5 Å². The number of amides is 1. The number of hydrogen-bond acceptors (Lipinski definition) is 2. The van der Waals surface area contributed by atoms with E-state index in [-0.39, 0.29) is 17.9 Å². The van der Waals surface area contributed by atoms with Crippen LogP contribution in [0.4, 0.5) is 5.69 Å². The van der Waals surface area contributed by atoms with E-state index in [0.717, 1.165) is 29.8 Å². The van der Waals surface area contributed by atoms with E-state index in [1.807, 2.05) is 54.6 Å². The highest BCUT2D eigenvalue weighted by Gasteiger charge is 2.38. The van der Waals surface area contributed by atoms with Crippen LogP contribution in [0.25, 0.3) is 0 Å². The highest BCUT2D eigenvalue weighted by atomic mass is 16.1. The molecule has 1 aliphatic rings. The first kappa shape index (κ1) is 21.0. The molecule has 1 aliphatic heterocycles. The lowest BCUT2D eigenvalue weighted by Gasteiger charge is -2.43. The maximum absolute atomic E-state index is 13.9. The number of fused-ring (bicyclic) bond motifs is 1. The second-order valence-electron chi connectivity index (χ2n) is 8.51. The zero-order valence-corrected chi connectivity index (χ0v) is 18.6. The number of rotatable bonds is 6. The van der Waals surface area contributed by atoms with Crippen molar-refractivity contribution in [3.05, 3.63) is 138 Å². The van der Waals surface area contributed by atoms with E-state index >= 15 is 0 Å². The van der Waals surface area contributed by atoms with Crippen LogP contribution in [0.3, 0.4) is 0 Å². The summed E-state index contributed by atoms with van der Waals surface area (Å²) in [6.07, 6.45) is 0.967. The summed E-state index contributed by atoms with van der Waals surface area (Å²) in [6, 6.07) is 39.3. The highest BCUT2D eigenvalue weighted by molar-refractivity contribution is 5.85. The van der Waals surface area contributed by atoms with Gasteiger partial charge < -0.3 is 10.2 Å². The van der Waals surface area contributed by atoms with Gasteiger partial charge in [-0.05, 0) is 40.8 Å².